The van der Waals surface area contributed by atoms with Crippen molar-refractivity contribution in [2.75, 3.05) is 0 Å². The molecule has 1 heterocycles. The van der Waals surface area contributed by atoms with Crippen molar-refractivity contribution in [1.82, 2.24) is 0 Å². The Labute approximate surface area is 123 Å². The van der Waals surface area contributed by atoms with Crippen LogP contribution in [0.15, 0.2) is 21.0 Å². The van der Waals surface area contributed by atoms with Crippen LogP contribution in [0.2, 0.25) is 10.0 Å². The second kappa shape index (κ2) is 4.55. The summed E-state index contributed by atoms with van der Waals surface area (Å²) in [5, 5.41) is 1.56. The minimum Gasteiger partial charge on any atom is -0.451 e. The fraction of sp³-hybridized carbons (Fsp3) is 0.308. The molecule has 1 aromatic heterocycles. The largest absolute Gasteiger partial charge is 0.451 e. The SMILES string of the molecule is CC(C)(C)C(=O)c1cc2c(Cl)c(Br)cc(Cl)c2o1. The zero-order valence-corrected chi connectivity index (χ0v) is 13.2. The van der Waals surface area contributed by atoms with Gasteiger partial charge in [0.25, 0.3) is 0 Å². The van der Waals surface area contributed by atoms with E-state index >= 15 is 0 Å². The number of fused-ring (bicyclic) bond motifs is 1. The number of carbonyl (C=O) groups excluding carboxylic acids is 1. The van der Waals surface area contributed by atoms with Crippen molar-refractivity contribution in [2.45, 2.75) is 20.8 Å². The third-order valence-electron chi connectivity index (χ3n) is 2.55. The average molecular weight is 350 g/mol. The zero-order valence-electron chi connectivity index (χ0n) is 10.1. The van der Waals surface area contributed by atoms with Crippen LogP contribution in [0, 0.1) is 5.41 Å². The summed E-state index contributed by atoms with van der Waals surface area (Å²) >= 11 is 15.5. The molecule has 0 N–H and O–H groups in total. The molecule has 1 aromatic carbocycles. The molecule has 0 radical (unpaired) electrons. The van der Waals surface area contributed by atoms with Crippen LogP contribution in [0.25, 0.3) is 11.0 Å². The highest BCUT2D eigenvalue weighted by molar-refractivity contribution is 9.10. The van der Waals surface area contributed by atoms with Gasteiger partial charge in [-0.25, -0.2) is 0 Å². The van der Waals surface area contributed by atoms with Gasteiger partial charge < -0.3 is 4.42 Å². The van der Waals surface area contributed by atoms with Crippen molar-refractivity contribution in [3.63, 3.8) is 0 Å². The molecule has 0 fully saturated rings. The highest BCUT2D eigenvalue weighted by atomic mass is 79.9. The number of Topliss-reactive ketones (excluding diaryl/α,β-unsaturated/α-hetero) is 1. The maximum Gasteiger partial charge on any atom is 0.203 e. The Morgan fingerprint density at radius 1 is 1.28 bits per heavy atom. The third kappa shape index (κ3) is 2.31. The Kier molecular flexibility index (Phi) is 3.52. The molecule has 0 saturated carbocycles. The molecular weight excluding hydrogens is 339 g/mol. The van der Waals surface area contributed by atoms with E-state index < -0.39 is 5.41 Å². The number of benzene rings is 1. The number of hydrogen-bond acceptors (Lipinski definition) is 2. The molecule has 0 aliphatic carbocycles. The van der Waals surface area contributed by atoms with Gasteiger partial charge in [0.2, 0.25) is 5.78 Å². The molecule has 0 aliphatic heterocycles. The fourth-order valence-electron chi connectivity index (χ4n) is 1.58. The van der Waals surface area contributed by atoms with E-state index in [0.717, 1.165) is 0 Å². The Morgan fingerprint density at radius 3 is 2.44 bits per heavy atom. The van der Waals surface area contributed by atoms with Crippen LogP contribution in [0.3, 0.4) is 0 Å². The molecule has 2 aromatic rings. The summed E-state index contributed by atoms with van der Waals surface area (Å²) < 4.78 is 6.21. The molecule has 0 bridgehead atoms. The summed E-state index contributed by atoms with van der Waals surface area (Å²) in [5.74, 6) is 0.196. The first-order valence-electron chi connectivity index (χ1n) is 5.33. The minimum atomic E-state index is -0.510. The number of ketones is 1. The summed E-state index contributed by atoms with van der Waals surface area (Å²) in [6, 6.07) is 3.29. The van der Waals surface area contributed by atoms with Crippen molar-refractivity contribution < 1.29 is 9.21 Å². The first kappa shape index (κ1) is 13.9. The highest BCUT2D eigenvalue weighted by Crippen LogP contribution is 2.38. The zero-order chi connectivity index (χ0) is 13.7. The van der Waals surface area contributed by atoms with Gasteiger partial charge in [-0.15, -0.1) is 0 Å². The van der Waals surface area contributed by atoms with E-state index in [4.69, 9.17) is 27.6 Å². The van der Waals surface area contributed by atoms with Gasteiger partial charge in [0.05, 0.1) is 10.0 Å². The smallest absolute Gasteiger partial charge is 0.203 e. The van der Waals surface area contributed by atoms with Crippen molar-refractivity contribution in [3.8, 4) is 0 Å². The van der Waals surface area contributed by atoms with E-state index in [1.165, 1.54) is 0 Å². The van der Waals surface area contributed by atoms with Crippen molar-refractivity contribution in [1.29, 1.82) is 0 Å². The fourth-order valence-corrected chi connectivity index (χ4v) is 2.60. The summed E-state index contributed by atoms with van der Waals surface area (Å²) in [5.41, 5.74) is -0.0678. The molecule has 2 nitrogen and oxygen atoms in total. The van der Waals surface area contributed by atoms with Gasteiger partial charge in [-0.3, -0.25) is 4.79 Å². The second-order valence-corrected chi connectivity index (χ2v) is 6.73. The van der Waals surface area contributed by atoms with Crippen LogP contribution in [0.1, 0.15) is 31.3 Å². The van der Waals surface area contributed by atoms with E-state index in [1.807, 2.05) is 20.8 Å². The summed E-state index contributed by atoms with van der Waals surface area (Å²) in [7, 11) is 0. The molecule has 0 unspecified atom stereocenters. The van der Waals surface area contributed by atoms with E-state index in [1.54, 1.807) is 12.1 Å². The quantitative estimate of drug-likeness (QED) is 0.486. The van der Waals surface area contributed by atoms with Gasteiger partial charge >= 0.3 is 0 Å². The Morgan fingerprint density at radius 2 is 1.89 bits per heavy atom. The van der Waals surface area contributed by atoms with E-state index in [-0.39, 0.29) is 11.5 Å². The number of carbonyl (C=O) groups is 1. The minimum absolute atomic E-state index is 0.0815. The molecule has 0 spiro atoms. The van der Waals surface area contributed by atoms with E-state index in [9.17, 15) is 4.79 Å². The molecule has 96 valence electrons. The van der Waals surface area contributed by atoms with Crippen LogP contribution in [0.4, 0.5) is 0 Å². The lowest BCUT2D eigenvalue weighted by Crippen LogP contribution is -2.19. The Hall–Kier alpha value is -0.510. The Balaban J connectivity index is 2.68. The number of halogens is 3. The van der Waals surface area contributed by atoms with Gasteiger partial charge in [0, 0.05) is 15.3 Å². The van der Waals surface area contributed by atoms with Crippen LogP contribution in [-0.2, 0) is 0 Å². The van der Waals surface area contributed by atoms with Crippen molar-refractivity contribution in [2.24, 2.45) is 5.41 Å². The second-order valence-electron chi connectivity index (χ2n) is 5.09. The van der Waals surface area contributed by atoms with E-state index in [2.05, 4.69) is 15.9 Å². The van der Waals surface area contributed by atoms with Gasteiger partial charge in [-0.2, -0.15) is 0 Å². The lowest BCUT2D eigenvalue weighted by atomic mass is 9.89. The molecule has 0 amide bonds. The summed E-state index contributed by atoms with van der Waals surface area (Å²) in [6.07, 6.45) is 0. The predicted molar refractivity (Wildman–Crippen MR) is 77.7 cm³/mol. The van der Waals surface area contributed by atoms with Gasteiger partial charge in [-0.05, 0) is 28.1 Å². The molecule has 5 heteroatoms. The molecule has 18 heavy (non-hydrogen) atoms. The third-order valence-corrected chi connectivity index (χ3v) is 4.10. The summed E-state index contributed by atoms with van der Waals surface area (Å²) in [4.78, 5) is 12.2. The van der Waals surface area contributed by atoms with Crippen molar-refractivity contribution in [3.05, 3.63) is 32.4 Å². The molecule has 0 aliphatic rings. The Bertz CT molecular complexity index is 638. The highest BCUT2D eigenvalue weighted by Gasteiger charge is 2.27. The summed E-state index contributed by atoms with van der Waals surface area (Å²) in [6.45, 7) is 5.50. The van der Waals surface area contributed by atoms with Crippen LogP contribution < -0.4 is 0 Å². The lowest BCUT2D eigenvalue weighted by molar-refractivity contribution is 0.0831. The monoisotopic (exact) mass is 348 g/mol. The van der Waals surface area contributed by atoms with Crippen LogP contribution in [-0.4, -0.2) is 5.78 Å². The number of rotatable bonds is 1. The first-order valence-corrected chi connectivity index (χ1v) is 6.88. The predicted octanol–water partition coefficient (Wildman–Crippen LogP) is 5.73. The molecule has 2 rings (SSSR count). The van der Waals surface area contributed by atoms with Crippen LogP contribution in [0.5, 0.6) is 0 Å². The maximum absolute atomic E-state index is 12.2. The van der Waals surface area contributed by atoms with E-state index in [0.29, 0.717) is 25.5 Å². The average Bonchev–Trinajstić information content (AvgIpc) is 2.69. The van der Waals surface area contributed by atoms with Crippen molar-refractivity contribution >= 4 is 55.9 Å². The topological polar surface area (TPSA) is 30.2 Å². The normalized spacial score (nSPS) is 12.1. The van der Waals surface area contributed by atoms with Gasteiger partial charge in [-0.1, -0.05) is 44.0 Å². The molecule has 0 saturated heterocycles. The number of hydrogen-bond donors (Lipinski definition) is 0. The molecular formula is C13H11BrCl2O2. The molecule has 0 atom stereocenters. The van der Waals surface area contributed by atoms with Crippen LogP contribution >= 0.6 is 39.1 Å². The maximum atomic E-state index is 12.2. The first-order chi connectivity index (χ1) is 8.21. The van der Waals surface area contributed by atoms with Gasteiger partial charge in [0.1, 0.15) is 0 Å². The number of furan rings is 1. The standard InChI is InChI=1S/C13H11BrCl2O2/c1-13(2,3)12(17)9-4-6-10(16)7(14)5-8(15)11(6)18-9/h4-5H,1-3H3. The van der Waals surface area contributed by atoms with Gasteiger partial charge in [0.15, 0.2) is 11.3 Å². The lowest BCUT2D eigenvalue weighted by Gasteiger charge is -2.13.